The monoisotopic (exact) mass is 278 g/mol. The van der Waals surface area contributed by atoms with Crippen LogP contribution >= 0.6 is 0 Å². The Bertz CT molecular complexity index is 218. The van der Waals surface area contributed by atoms with Gasteiger partial charge in [0.25, 0.3) is 0 Å². The van der Waals surface area contributed by atoms with Crippen molar-refractivity contribution in [2.24, 2.45) is 11.8 Å². The van der Waals surface area contributed by atoms with Crippen molar-refractivity contribution in [3.05, 3.63) is 12.7 Å². The van der Waals surface area contributed by atoms with Gasteiger partial charge in [-0.05, 0) is 31.1 Å². The van der Waals surface area contributed by atoms with E-state index < -0.39 is 0 Å². The molecule has 0 saturated heterocycles. The highest BCUT2D eigenvalue weighted by Gasteiger charge is 2.34. The van der Waals surface area contributed by atoms with Crippen molar-refractivity contribution in [2.45, 2.75) is 103 Å². The van der Waals surface area contributed by atoms with Gasteiger partial charge in [-0.2, -0.15) is 0 Å². The van der Waals surface area contributed by atoms with Crippen LogP contribution in [0.3, 0.4) is 0 Å². The predicted molar refractivity (Wildman–Crippen MR) is 92.1 cm³/mol. The summed E-state index contributed by atoms with van der Waals surface area (Å²) in [4.78, 5) is 0. The van der Waals surface area contributed by atoms with E-state index in [-0.39, 0.29) is 0 Å². The second kappa shape index (κ2) is 12.5. The summed E-state index contributed by atoms with van der Waals surface area (Å²) in [5.74, 6) is 2.25. The van der Waals surface area contributed by atoms with Gasteiger partial charge in [0.05, 0.1) is 0 Å². The van der Waals surface area contributed by atoms with Crippen molar-refractivity contribution in [3.8, 4) is 0 Å². The van der Waals surface area contributed by atoms with Crippen LogP contribution in [0.4, 0.5) is 0 Å². The molecule has 1 fully saturated rings. The van der Waals surface area contributed by atoms with Crippen molar-refractivity contribution >= 4 is 0 Å². The summed E-state index contributed by atoms with van der Waals surface area (Å²) in [7, 11) is 0. The molecule has 0 heteroatoms. The van der Waals surface area contributed by atoms with Gasteiger partial charge in [-0.1, -0.05) is 90.0 Å². The standard InChI is InChI=1S/C20H38/c1-3-5-7-9-11-13-15-17-20-18-19(20)16-14-12-10-8-6-4-2/h3,19-20H,1,4-18H2,2H3. The first kappa shape index (κ1) is 17.8. The third-order valence-electron chi connectivity index (χ3n) is 4.98. The lowest BCUT2D eigenvalue weighted by molar-refractivity contribution is 0.516. The molecule has 1 rings (SSSR count). The lowest BCUT2D eigenvalue weighted by Gasteiger charge is -2.02. The van der Waals surface area contributed by atoms with Gasteiger partial charge in [0, 0.05) is 0 Å². The molecule has 0 spiro atoms. The van der Waals surface area contributed by atoms with Crippen molar-refractivity contribution in [2.75, 3.05) is 0 Å². The second-order valence-electron chi connectivity index (χ2n) is 6.95. The SMILES string of the molecule is C=CCCCCCCCC1CC1CCCCCCCC. The summed E-state index contributed by atoms with van der Waals surface area (Å²) >= 11 is 0. The van der Waals surface area contributed by atoms with Crippen LogP contribution in [-0.2, 0) is 0 Å². The Hall–Kier alpha value is -0.260. The molecular formula is C20H38. The molecule has 20 heavy (non-hydrogen) atoms. The van der Waals surface area contributed by atoms with Gasteiger partial charge in [-0.25, -0.2) is 0 Å². The molecule has 118 valence electrons. The van der Waals surface area contributed by atoms with Gasteiger partial charge in [0.15, 0.2) is 0 Å². The maximum absolute atomic E-state index is 3.78. The zero-order valence-electron chi connectivity index (χ0n) is 14.0. The normalized spacial score (nSPS) is 21.1. The topological polar surface area (TPSA) is 0 Å². The smallest absolute Gasteiger partial charge is 0.0353 e. The van der Waals surface area contributed by atoms with Crippen LogP contribution in [0.1, 0.15) is 103 Å². The Kier molecular flexibility index (Phi) is 11.1. The van der Waals surface area contributed by atoms with E-state index in [0.29, 0.717) is 0 Å². The Balaban J connectivity index is 1.76. The fraction of sp³-hybridized carbons (Fsp3) is 0.900. The third-order valence-corrected chi connectivity index (χ3v) is 4.98. The molecule has 0 heterocycles. The first-order valence-corrected chi connectivity index (χ1v) is 9.49. The number of hydrogen-bond acceptors (Lipinski definition) is 0. The molecule has 0 bridgehead atoms. The van der Waals surface area contributed by atoms with Gasteiger partial charge in [0.1, 0.15) is 0 Å². The van der Waals surface area contributed by atoms with Crippen molar-refractivity contribution < 1.29 is 0 Å². The average molecular weight is 279 g/mol. The molecule has 0 nitrogen and oxygen atoms in total. The van der Waals surface area contributed by atoms with Crippen LogP contribution < -0.4 is 0 Å². The summed E-state index contributed by atoms with van der Waals surface area (Å²) in [5, 5.41) is 0. The van der Waals surface area contributed by atoms with E-state index in [0.717, 1.165) is 11.8 Å². The highest BCUT2D eigenvalue weighted by atomic mass is 14.4. The van der Waals surface area contributed by atoms with E-state index in [9.17, 15) is 0 Å². The zero-order valence-corrected chi connectivity index (χ0v) is 14.0. The van der Waals surface area contributed by atoms with Gasteiger partial charge < -0.3 is 0 Å². The lowest BCUT2D eigenvalue weighted by Crippen LogP contribution is -1.87. The second-order valence-corrected chi connectivity index (χ2v) is 6.95. The summed E-state index contributed by atoms with van der Waals surface area (Å²) in [6.45, 7) is 6.08. The maximum atomic E-state index is 3.78. The van der Waals surface area contributed by atoms with Crippen molar-refractivity contribution in [3.63, 3.8) is 0 Å². The Morgan fingerprint density at radius 3 is 1.80 bits per heavy atom. The van der Waals surface area contributed by atoms with Crippen LogP contribution in [0.25, 0.3) is 0 Å². The fourth-order valence-corrected chi connectivity index (χ4v) is 3.43. The molecule has 0 aromatic carbocycles. The van der Waals surface area contributed by atoms with E-state index in [1.165, 1.54) is 89.9 Å². The molecule has 0 aromatic rings. The first-order chi connectivity index (χ1) is 9.88. The Morgan fingerprint density at radius 2 is 1.25 bits per heavy atom. The van der Waals surface area contributed by atoms with E-state index in [1.54, 1.807) is 6.42 Å². The average Bonchev–Trinajstić information content (AvgIpc) is 3.20. The van der Waals surface area contributed by atoms with E-state index in [2.05, 4.69) is 19.6 Å². The van der Waals surface area contributed by atoms with E-state index in [1.807, 2.05) is 0 Å². The summed E-state index contributed by atoms with van der Waals surface area (Å²) in [6.07, 6.45) is 23.8. The molecule has 0 N–H and O–H groups in total. The molecule has 0 amide bonds. The third kappa shape index (κ3) is 9.61. The quantitative estimate of drug-likeness (QED) is 0.218. The highest BCUT2D eigenvalue weighted by Crippen LogP contribution is 2.45. The molecule has 0 aromatic heterocycles. The van der Waals surface area contributed by atoms with Crippen molar-refractivity contribution in [1.82, 2.24) is 0 Å². The maximum Gasteiger partial charge on any atom is -0.0353 e. The molecule has 1 aliphatic rings. The minimum atomic E-state index is 1.12. The minimum Gasteiger partial charge on any atom is -0.103 e. The van der Waals surface area contributed by atoms with Gasteiger partial charge in [0.2, 0.25) is 0 Å². The van der Waals surface area contributed by atoms with Crippen LogP contribution in [0.5, 0.6) is 0 Å². The first-order valence-electron chi connectivity index (χ1n) is 9.49. The molecular weight excluding hydrogens is 240 g/mol. The highest BCUT2D eigenvalue weighted by molar-refractivity contribution is 4.85. The van der Waals surface area contributed by atoms with Crippen LogP contribution in [0.2, 0.25) is 0 Å². The zero-order chi connectivity index (χ0) is 14.5. The lowest BCUT2D eigenvalue weighted by atomic mass is 10.0. The van der Waals surface area contributed by atoms with Gasteiger partial charge in [-0.15, -0.1) is 6.58 Å². The summed E-state index contributed by atoms with van der Waals surface area (Å²) in [5.41, 5.74) is 0. The number of allylic oxidation sites excluding steroid dienone is 1. The number of unbranched alkanes of at least 4 members (excludes halogenated alkanes) is 10. The molecule has 0 radical (unpaired) electrons. The largest absolute Gasteiger partial charge is 0.103 e. The summed E-state index contributed by atoms with van der Waals surface area (Å²) in [6, 6.07) is 0. The predicted octanol–water partition coefficient (Wildman–Crippen LogP) is 7.29. The Labute approximate surface area is 128 Å². The van der Waals surface area contributed by atoms with Crippen LogP contribution in [0, 0.1) is 11.8 Å². The van der Waals surface area contributed by atoms with E-state index in [4.69, 9.17) is 0 Å². The molecule has 1 saturated carbocycles. The molecule has 0 aliphatic heterocycles. The molecule has 1 aliphatic carbocycles. The summed E-state index contributed by atoms with van der Waals surface area (Å²) < 4.78 is 0. The molecule has 2 unspecified atom stereocenters. The Morgan fingerprint density at radius 1 is 0.750 bits per heavy atom. The fourth-order valence-electron chi connectivity index (χ4n) is 3.43. The number of rotatable bonds is 15. The van der Waals surface area contributed by atoms with Crippen LogP contribution in [-0.4, -0.2) is 0 Å². The van der Waals surface area contributed by atoms with Gasteiger partial charge in [-0.3, -0.25) is 0 Å². The van der Waals surface area contributed by atoms with Gasteiger partial charge >= 0.3 is 0 Å². The van der Waals surface area contributed by atoms with Crippen molar-refractivity contribution in [1.29, 1.82) is 0 Å². The number of hydrogen-bond donors (Lipinski definition) is 0. The van der Waals surface area contributed by atoms with Crippen LogP contribution in [0.15, 0.2) is 12.7 Å². The van der Waals surface area contributed by atoms with E-state index >= 15 is 0 Å². The molecule has 2 atom stereocenters. The minimum absolute atomic E-state index is 1.12.